The number of hydrogen-bond donors (Lipinski definition) is 1. The summed E-state index contributed by atoms with van der Waals surface area (Å²) in [4.78, 5) is 0. The predicted molar refractivity (Wildman–Crippen MR) is 68.5 cm³/mol. The van der Waals surface area contributed by atoms with Crippen LogP contribution in [0.25, 0.3) is 10.9 Å². The van der Waals surface area contributed by atoms with Crippen LogP contribution in [0.5, 0.6) is 0 Å². The van der Waals surface area contributed by atoms with Gasteiger partial charge in [0.25, 0.3) is 5.92 Å². The maximum Gasteiger partial charge on any atom is 0.282 e. The van der Waals surface area contributed by atoms with Crippen molar-refractivity contribution in [2.45, 2.75) is 18.4 Å². The van der Waals surface area contributed by atoms with E-state index in [-0.39, 0.29) is 19.0 Å². The van der Waals surface area contributed by atoms with Gasteiger partial charge >= 0.3 is 0 Å². The van der Waals surface area contributed by atoms with Crippen molar-refractivity contribution in [2.75, 3.05) is 13.1 Å². The van der Waals surface area contributed by atoms with Gasteiger partial charge in [0.15, 0.2) is 0 Å². The lowest BCUT2D eigenvalue weighted by Crippen LogP contribution is -2.47. The van der Waals surface area contributed by atoms with Crippen LogP contribution in [-0.4, -0.2) is 28.8 Å². The summed E-state index contributed by atoms with van der Waals surface area (Å²) in [6, 6.07) is 6.63. The zero-order valence-corrected chi connectivity index (χ0v) is 10.5. The van der Waals surface area contributed by atoms with E-state index >= 15 is 0 Å². The molecule has 1 unspecified atom stereocenters. The van der Waals surface area contributed by atoms with E-state index in [0.29, 0.717) is 13.0 Å². The zero-order valence-electron chi connectivity index (χ0n) is 9.64. The number of nitrogens with zero attached hydrogens (tertiary/aromatic N) is 2. The molecule has 0 saturated carbocycles. The van der Waals surface area contributed by atoms with E-state index in [1.54, 1.807) is 6.20 Å². The van der Waals surface area contributed by atoms with E-state index in [2.05, 4.69) is 10.4 Å². The lowest BCUT2D eigenvalue weighted by atomic mass is 10.0. The minimum atomic E-state index is -2.74. The van der Waals surface area contributed by atoms with Crippen LogP contribution < -0.4 is 5.32 Å². The number of rotatable bonds is 1. The van der Waals surface area contributed by atoms with Crippen LogP contribution >= 0.6 is 12.4 Å². The Hall–Kier alpha value is -1.20. The first-order chi connectivity index (χ1) is 8.17. The molecule has 2 heterocycles. The minimum absolute atomic E-state index is 0. The minimum Gasteiger partial charge on any atom is -0.311 e. The Bertz CT molecular complexity index is 508. The van der Waals surface area contributed by atoms with E-state index in [1.165, 1.54) is 4.68 Å². The third kappa shape index (κ3) is 2.20. The van der Waals surface area contributed by atoms with Crippen molar-refractivity contribution >= 4 is 23.3 Å². The highest BCUT2D eigenvalue weighted by Gasteiger charge is 2.43. The topological polar surface area (TPSA) is 29.9 Å². The summed E-state index contributed by atoms with van der Waals surface area (Å²) in [5, 5.41) is 7.86. The van der Waals surface area contributed by atoms with Gasteiger partial charge in [-0.05, 0) is 19.0 Å². The second-order valence-electron chi connectivity index (χ2n) is 4.41. The molecule has 1 saturated heterocycles. The van der Waals surface area contributed by atoms with Gasteiger partial charge in [0.1, 0.15) is 6.04 Å². The fraction of sp³-hybridized carbons (Fsp3) is 0.417. The molecule has 2 aromatic rings. The maximum atomic E-state index is 13.8. The first-order valence-corrected chi connectivity index (χ1v) is 5.69. The molecule has 3 nitrogen and oxygen atoms in total. The summed E-state index contributed by atoms with van der Waals surface area (Å²) in [6.45, 7) is 0.338. The Labute approximate surface area is 110 Å². The number of aromatic nitrogens is 2. The lowest BCUT2D eigenvalue weighted by Gasteiger charge is -2.31. The van der Waals surface area contributed by atoms with Crippen LogP contribution in [0.2, 0.25) is 0 Å². The van der Waals surface area contributed by atoms with Crippen molar-refractivity contribution in [1.29, 1.82) is 0 Å². The Morgan fingerprint density at radius 3 is 2.83 bits per heavy atom. The van der Waals surface area contributed by atoms with E-state index < -0.39 is 12.0 Å². The average Bonchev–Trinajstić information content (AvgIpc) is 2.71. The van der Waals surface area contributed by atoms with Gasteiger partial charge in [-0.3, -0.25) is 4.68 Å². The number of halogens is 3. The van der Waals surface area contributed by atoms with Crippen LogP contribution in [0.3, 0.4) is 0 Å². The van der Waals surface area contributed by atoms with Crippen molar-refractivity contribution in [3.63, 3.8) is 0 Å². The van der Waals surface area contributed by atoms with Crippen LogP contribution in [-0.2, 0) is 0 Å². The van der Waals surface area contributed by atoms with Crippen LogP contribution in [0.4, 0.5) is 8.78 Å². The Morgan fingerprint density at radius 2 is 2.11 bits per heavy atom. The van der Waals surface area contributed by atoms with Gasteiger partial charge in [-0.25, -0.2) is 8.78 Å². The molecule has 1 N–H and O–H groups in total. The Balaban J connectivity index is 0.00000120. The van der Waals surface area contributed by atoms with Crippen LogP contribution in [0.1, 0.15) is 12.5 Å². The molecule has 0 bridgehead atoms. The van der Waals surface area contributed by atoms with E-state index in [9.17, 15) is 8.78 Å². The summed E-state index contributed by atoms with van der Waals surface area (Å²) in [5.41, 5.74) is 0.766. The van der Waals surface area contributed by atoms with Gasteiger partial charge in [-0.15, -0.1) is 12.4 Å². The molecule has 3 rings (SSSR count). The third-order valence-corrected chi connectivity index (χ3v) is 3.19. The van der Waals surface area contributed by atoms with E-state index in [4.69, 9.17) is 0 Å². The largest absolute Gasteiger partial charge is 0.311 e. The molecule has 98 valence electrons. The smallest absolute Gasteiger partial charge is 0.282 e. The van der Waals surface area contributed by atoms with Crippen LogP contribution in [0, 0.1) is 0 Å². The summed E-state index contributed by atoms with van der Waals surface area (Å²) in [6.07, 6.45) is 2.11. The number of hydrogen-bond acceptors (Lipinski definition) is 2. The fourth-order valence-corrected chi connectivity index (χ4v) is 2.29. The second kappa shape index (κ2) is 4.82. The van der Waals surface area contributed by atoms with E-state index in [0.717, 1.165) is 10.9 Å². The average molecular weight is 274 g/mol. The van der Waals surface area contributed by atoms with Gasteiger partial charge in [-0.2, -0.15) is 5.10 Å². The number of fused-ring (bicyclic) bond motifs is 1. The molecule has 1 aromatic heterocycles. The molecular weight excluding hydrogens is 260 g/mol. The SMILES string of the molecule is Cl.FC1(F)CNCCC1n1cc2ccccc2n1. The highest BCUT2D eigenvalue weighted by Crippen LogP contribution is 2.33. The number of piperidine rings is 1. The zero-order chi connectivity index (χ0) is 11.9. The van der Waals surface area contributed by atoms with Crippen molar-refractivity contribution in [3.05, 3.63) is 30.5 Å². The normalized spacial score (nSPS) is 22.7. The summed E-state index contributed by atoms with van der Waals surface area (Å²) < 4.78 is 28.9. The summed E-state index contributed by atoms with van der Waals surface area (Å²) in [5.74, 6) is -2.74. The molecule has 0 spiro atoms. The first-order valence-electron chi connectivity index (χ1n) is 5.69. The Kier molecular flexibility index (Phi) is 3.54. The van der Waals surface area contributed by atoms with E-state index in [1.807, 2.05) is 24.3 Å². The molecule has 0 radical (unpaired) electrons. The molecule has 1 fully saturated rings. The fourth-order valence-electron chi connectivity index (χ4n) is 2.29. The highest BCUT2D eigenvalue weighted by atomic mass is 35.5. The Morgan fingerprint density at radius 1 is 1.33 bits per heavy atom. The highest BCUT2D eigenvalue weighted by molar-refractivity contribution is 5.85. The van der Waals surface area contributed by atoms with Gasteiger partial charge in [0, 0.05) is 11.6 Å². The van der Waals surface area contributed by atoms with Crippen molar-refractivity contribution < 1.29 is 8.78 Å². The standard InChI is InChI=1S/C12H13F2N3.ClH/c13-12(14)8-15-6-5-11(12)17-7-9-3-1-2-4-10(9)16-17;/h1-4,7,11,15H,5-6,8H2;1H. The van der Waals surface area contributed by atoms with Gasteiger partial charge in [0.05, 0.1) is 12.1 Å². The third-order valence-electron chi connectivity index (χ3n) is 3.19. The van der Waals surface area contributed by atoms with Gasteiger partial charge in [-0.1, -0.05) is 18.2 Å². The first kappa shape index (κ1) is 13.2. The predicted octanol–water partition coefficient (Wildman–Crippen LogP) is 2.63. The summed E-state index contributed by atoms with van der Waals surface area (Å²) >= 11 is 0. The van der Waals surface area contributed by atoms with Crippen molar-refractivity contribution in [1.82, 2.24) is 15.1 Å². The molecule has 1 aromatic carbocycles. The molecule has 6 heteroatoms. The number of benzene rings is 1. The quantitative estimate of drug-likeness (QED) is 0.866. The van der Waals surface area contributed by atoms with Gasteiger partial charge in [0.2, 0.25) is 0 Å². The lowest BCUT2D eigenvalue weighted by molar-refractivity contribution is -0.0695. The molecule has 1 aliphatic rings. The molecule has 0 aliphatic carbocycles. The monoisotopic (exact) mass is 273 g/mol. The molecular formula is C12H14ClF2N3. The molecule has 1 aliphatic heterocycles. The van der Waals surface area contributed by atoms with Crippen molar-refractivity contribution in [2.24, 2.45) is 0 Å². The number of alkyl halides is 2. The van der Waals surface area contributed by atoms with Crippen LogP contribution in [0.15, 0.2) is 30.5 Å². The molecule has 18 heavy (non-hydrogen) atoms. The van der Waals surface area contributed by atoms with Crippen molar-refractivity contribution in [3.8, 4) is 0 Å². The molecule has 1 atom stereocenters. The van der Waals surface area contributed by atoms with Gasteiger partial charge < -0.3 is 5.32 Å². The number of nitrogens with one attached hydrogen (secondary N) is 1. The molecule has 0 amide bonds. The second-order valence-corrected chi connectivity index (χ2v) is 4.41. The maximum absolute atomic E-state index is 13.8. The summed E-state index contributed by atoms with van der Waals surface area (Å²) in [7, 11) is 0.